The summed E-state index contributed by atoms with van der Waals surface area (Å²) in [6, 6.07) is 12.4. The number of ether oxygens (including phenoxy) is 2. The fraction of sp³-hybridized carbons (Fsp3) is 0.158. The molecule has 0 atom stereocenters. The number of benzene rings is 2. The first kappa shape index (κ1) is 17.2. The van der Waals surface area contributed by atoms with Crippen LogP contribution in [0.4, 0.5) is 8.78 Å². The Bertz CT molecular complexity index is 1190. The first-order valence-electron chi connectivity index (χ1n) is 8.49. The molecule has 2 aromatic carbocycles. The van der Waals surface area contributed by atoms with E-state index in [0.717, 1.165) is 21.3 Å². The summed E-state index contributed by atoms with van der Waals surface area (Å²) in [7, 11) is 0. The van der Waals surface area contributed by atoms with Crippen LogP contribution in [0.5, 0.6) is 17.4 Å². The molecule has 0 radical (unpaired) electrons. The molecule has 0 unspecified atom stereocenters. The van der Waals surface area contributed by atoms with Gasteiger partial charge in [0.1, 0.15) is 23.9 Å². The first-order chi connectivity index (χ1) is 13.6. The lowest BCUT2D eigenvalue weighted by molar-refractivity contribution is -0.0505. The molecule has 0 spiro atoms. The SMILES string of the molecule is FC(F)Oc1cccc2c1Cn1c(nc3ccc(Br)cc31)Cn1nccc1O2. The second-order valence-corrected chi connectivity index (χ2v) is 7.20. The van der Waals surface area contributed by atoms with Gasteiger partial charge in [-0.2, -0.15) is 13.9 Å². The standard InChI is InChI=1S/C19H13BrF2N4O2/c20-11-4-5-13-14(8-11)25-9-12-15(2-1-3-16(12)28-19(21)22)27-18-6-7-23-26(18)10-17(25)24-13/h1-8,19H,9-10H2. The van der Waals surface area contributed by atoms with Gasteiger partial charge in [0.2, 0.25) is 5.88 Å². The molecule has 0 N–H and O–H groups in total. The number of fused-ring (bicyclic) bond motifs is 5. The van der Waals surface area contributed by atoms with Crippen LogP contribution in [0.3, 0.4) is 0 Å². The van der Waals surface area contributed by atoms with Gasteiger partial charge in [-0.25, -0.2) is 9.67 Å². The Balaban J connectivity index is 1.77. The monoisotopic (exact) mass is 446 g/mol. The molecular formula is C19H13BrF2N4O2. The van der Waals surface area contributed by atoms with E-state index in [-0.39, 0.29) is 12.3 Å². The van der Waals surface area contributed by atoms with Gasteiger partial charge in [0.05, 0.1) is 29.3 Å². The largest absolute Gasteiger partial charge is 0.439 e. The van der Waals surface area contributed by atoms with Gasteiger partial charge < -0.3 is 14.0 Å². The molecule has 1 aliphatic heterocycles. The molecule has 0 bridgehead atoms. The Morgan fingerprint density at radius 3 is 2.89 bits per heavy atom. The fourth-order valence-corrected chi connectivity index (χ4v) is 3.73. The third-order valence-electron chi connectivity index (χ3n) is 4.59. The number of nitrogens with zero attached hydrogens (tertiary/aromatic N) is 4. The van der Waals surface area contributed by atoms with E-state index in [4.69, 9.17) is 14.5 Å². The van der Waals surface area contributed by atoms with E-state index in [0.29, 0.717) is 23.7 Å². The third kappa shape index (κ3) is 2.91. The van der Waals surface area contributed by atoms with E-state index in [9.17, 15) is 8.78 Å². The fourth-order valence-electron chi connectivity index (χ4n) is 3.38. The summed E-state index contributed by atoms with van der Waals surface area (Å²) in [5.74, 6) is 1.74. The second-order valence-electron chi connectivity index (χ2n) is 6.29. The van der Waals surface area contributed by atoms with Crippen molar-refractivity contribution in [1.82, 2.24) is 19.3 Å². The molecule has 0 saturated heterocycles. The van der Waals surface area contributed by atoms with Crippen molar-refractivity contribution in [3.05, 3.63) is 64.5 Å². The van der Waals surface area contributed by atoms with Gasteiger partial charge in [0.25, 0.3) is 0 Å². The minimum absolute atomic E-state index is 0.0725. The summed E-state index contributed by atoms with van der Waals surface area (Å²) in [5.41, 5.74) is 2.19. The smallest absolute Gasteiger partial charge is 0.387 e. The zero-order valence-corrected chi connectivity index (χ0v) is 15.9. The Hall–Kier alpha value is -2.94. The van der Waals surface area contributed by atoms with Gasteiger partial charge in [-0.15, -0.1) is 0 Å². The lowest BCUT2D eigenvalue weighted by Gasteiger charge is -2.16. The summed E-state index contributed by atoms with van der Waals surface area (Å²) in [6.45, 7) is -2.28. The van der Waals surface area contributed by atoms with Crippen molar-refractivity contribution in [2.75, 3.05) is 0 Å². The predicted molar refractivity (Wildman–Crippen MR) is 101 cm³/mol. The van der Waals surface area contributed by atoms with Crippen LogP contribution in [0.15, 0.2) is 53.1 Å². The lowest BCUT2D eigenvalue weighted by atomic mass is 10.1. The third-order valence-corrected chi connectivity index (χ3v) is 5.09. The van der Waals surface area contributed by atoms with Crippen LogP contribution >= 0.6 is 15.9 Å². The highest BCUT2D eigenvalue weighted by Crippen LogP contribution is 2.36. The van der Waals surface area contributed by atoms with Crippen LogP contribution in [0.2, 0.25) is 0 Å². The summed E-state index contributed by atoms with van der Waals surface area (Å²) < 4.78 is 41.3. The summed E-state index contributed by atoms with van der Waals surface area (Å²) in [6.07, 6.45) is 1.62. The van der Waals surface area contributed by atoms with Crippen molar-refractivity contribution in [2.45, 2.75) is 19.7 Å². The topological polar surface area (TPSA) is 54.1 Å². The first-order valence-corrected chi connectivity index (χ1v) is 9.29. The molecule has 3 heterocycles. The molecule has 6 nitrogen and oxygen atoms in total. The van der Waals surface area contributed by atoms with Crippen molar-refractivity contribution in [3.63, 3.8) is 0 Å². The molecule has 0 fully saturated rings. The minimum atomic E-state index is -2.93. The normalized spacial score (nSPS) is 13.1. The van der Waals surface area contributed by atoms with E-state index >= 15 is 0 Å². The zero-order chi connectivity index (χ0) is 19.3. The Kier molecular flexibility index (Phi) is 4.04. The van der Waals surface area contributed by atoms with E-state index in [1.54, 1.807) is 29.1 Å². The number of hydrogen-bond donors (Lipinski definition) is 0. The number of aromatic nitrogens is 4. The van der Waals surface area contributed by atoms with Crippen LogP contribution in [0.1, 0.15) is 11.4 Å². The number of hydrogen-bond acceptors (Lipinski definition) is 4. The summed E-state index contributed by atoms with van der Waals surface area (Å²) >= 11 is 3.49. The van der Waals surface area contributed by atoms with Gasteiger partial charge in [0.15, 0.2) is 0 Å². The molecule has 28 heavy (non-hydrogen) atoms. The molecule has 5 rings (SSSR count). The molecule has 1 aliphatic rings. The van der Waals surface area contributed by atoms with Crippen molar-refractivity contribution >= 4 is 27.0 Å². The average Bonchev–Trinajstić information content (AvgIpc) is 3.22. The lowest BCUT2D eigenvalue weighted by Crippen LogP contribution is -2.11. The van der Waals surface area contributed by atoms with Crippen LogP contribution in [0.25, 0.3) is 11.0 Å². The molecule has 2 aromatic heterocycles. The van der Waals surface area contributed by atoms with Crippen molar-refractivity contribution in [1.29, 1.82) is 0 Å². The molecular weight excluding hydrogens is 434 g/mol. The van der Waals surface area contributed by atoms with Crippen LogP contribution in [0, 0.1) is 0 Å². The molecule has 9 heteroatoms. The number of alkyl halides is 2. The molecule has 0 aliphatic carbocycles. The number of halogens is 3. The maximum absolute atomic E-state index is 13.0. The number of imidazole rings is 1. The molecule has 142 valence electrons. The quantitative estimate of drug-likeness (QED) is 0.390. The molecule has 4 aromatic rings. The molecule has 0 saturated carbocycles. The van der Waals surface area contributed by atoms with E-state index in [2.05, 4.69) is 21.0 Å². The van der Waals surface area contributed by atoms with Gasteiger partial charge in [0, 0.05) is 10.5 Å². The molecule has 0 amide bonds. The maximum atomic E-state index is 13.0. The highest BCUT2D eigenvalue weighted by molar-refractivity contribution is 9.10. The Labute approximate surface area is 166 Å². The van der Waals surface area contributed by atoms with Gasteiger partial charge in [-0.1, -0.05) is 22.0 Å². The Morgan fingerprint density at radius 1 is 1.14 bits per heavy atom. The summed E-state index contributed by atoms with van der Waals surface area (Å²) in [4.78, 5) is 4.72. The van der Waals surface area contributed by atoms with E-state index < -0.39 is 6.61 Å². The summed E-state index contributed by atoms with van der Waals surface area (Å²) in [5, 5.41) is 4.31. The Morgan fingerprint density at radius 2 is 2.04 bits per heavy atom. The average molecular weight is 447 g/mol. The van der Waals surface area contributed by atoms with Gasteiger partial charge in [-0.05, 0) is 30.3 Å². The number of rotatable bonds is 2. The van der Waals surface area contributed by atoms with Crippen molar-refractivity contribution in [2.24, 2.45) is 0 Å². The highest BCUT2D eigenvalue weighted by Gasteiger charge is 2.22. The predicted octanol–water partition coefficient (Wildman–Crippen LogP) is 4.80. The van der Waals surface area contributed by atoms with E-state index in [1.165, 1.54) is 6.07 Å². The van der Waals surface area contributed by atoms with Crippen LogP contribution < -0.4 is 9.47 Å². The van der Waals surface area contributed by atoms with Crippen LogP contribution in [-0.4, -0.2) is 25.9 Å². The van der Waals surface area contributed by atoms with Crippen molar-refractivity contribution < 1.29 is 18.3 Å². The van der Waals surface area contributed by atoms with Gasteiger partial charge in [-0.3, -0.25) is 0 Å². The zero-order valence-electron chi connectivity index (χ0n) is 14.3. The highest BCUT2D eigenvalue weighted by atomic mass is 79.9. The van der Waals surface area contributed by atoms with Gasteiger partial charge >= 0.3 is 6.61 Å². The maximum Gasteiger partial charge on any atom is 0.387 e. The minimum Gasteiger partial charge on any atom is -0.439 e. The van der Waals surface area contributed by atoms with Crippen LogP contribution in [-0.2, 0) is 13.1 Å². The van der Waals surface area contributed by atoms with E-state index in [1.807, 2.05) is 22.8 Å². The second kappa shape index (κ2) is 6.59. The van der Waals surface area contributed by atoms with Crippen molar-refractivity contribution in [3.8, 4) is 17.4 Å².